The molecule has 0 saturated carbocycles. The summed E-state index contributed by atoms with van der Waals surface area (Å²) in [4.78, 5) is 0. The predicted molar refractivity (Wildman–Crippen MR) is 67.0 cm³/mol. The van der Waals surface area contributed by atoms with Crippen molar-refractivity contribution in [3.8, 4) is 5.75 Å². The molecule has 0 atom stereocenters. The summed E-state index contributed by atoms with van der Waals surface area (Å²) in [7, 11) is 1.38. The summed E-state index contributed by atoms with van der Waals surface area (Å²) < 4.78 is 45.5. The SMILES string of the molecule is COc1ccccc1N(F)c1ccc(F)c(F)c1N. The molecular formula is C13H11F3N2O. The van der Waals surface area contributed by atoms with E-state index in [0.717, 1.165) is 12.1 Å². The maximum absolute atomic E-state index is 14.3. The van der Waals surface area contributed by atoms with Gasteiger partial charge in [0.1, 0.15) is 17.1 Å². The van der Waals surface area contributed by atoms with E-state index >= 15 is 0 Å². The molecule has 0 saturated heterocycles. The van der Waals surface area contributed by atoms with Crippen LogP contribution in [0.2, 0.25) is 0 Å². The molecule has 6 heteroatoms. The minimum atomic E-state index is -1.28. The molecule has 0 spiro atoms. The van der Waals surface area contributed by atoms with E-state index in [1.807, 2.05) is 0 Å². The second-order valence-electron chi connectivity index (χ2n) is 3.75. The second-order valence-corrected chi connectivity index (χ2v) is 3.75. The number of para-hydroxylation sites is 2. The Bertz CT molecular complexity index is 604. The number of benzene rings is 2. The summed E-state index contributed by atoms with van der Waals surface area (Å²) in [5, 5.41) is 0.149. The van der Waals surface area contributed by atoms with Gasteiger partial charge in [0.2, 0.25) is 0 Å². The molecule has 0 fully saturated rings. The monoisotopic (exact) mass is 268 g/mol. The van der Waals surface area contributed by atoms with Crippen molar-refractivity contribution >= 4 is 17.1 Å². The highest BCUT2D eigenvalue weighted by Crippen LogP contribution is 2.37. The van der Waals surface area contributed by atoms with E-state index in [9.17, 15) is 13.3 Å². The Morgan fingerprint density at radius 3 is 2.42 bits per heavy atom. The van der Waals surface area contributed by atoms with Crippen LogP contribution >= 0.6 is 0 Å². The van der Waals surface area contributed by atoms with Crippen molar-refractivity contribution in [3.05, 3.63) is 48.0 Å². The van der Waals surface area contributed by atoms with Crippen LogP contribution in [0, 0.1) is 11.6 Å². The number of hydrogen-bond donors (Lipinski definition) is 1. The Hall–Kier alpha value is -2.37. The smallest absolute Gasteiger partial charge is 0.183 e. The fraction of sp³-hybridized carbons (Fsp3) is 0.0769. The molecule has 100 valence electrons. The molecule has 2 N–H and O–H groups in total. The summed E-state index contributed by atoms with van der Waals surface area (Å²) >= 11 is 0. The van der Waals surface area contributed by atoms with E-state index in [1.165, 1.54) is 19.2 Å². The average Bonchev–Trinajstić information content (AvgIpc) is 2.44. The van der Waals surface area contributed by atoms with Crippen molar-refractivity contribution in [2.75, 3.05) is 18.0 Å². The molecule has 0 aromatic heterocycles. The topological polar surface area (TPSA) is 38.5 Å². The highest BCUT2D eigenvalue weighted by atomic mass is 19.2. The number of methoxy groups -OCH3 is 1. The Morgan fingerprint density at radius 1 is 1.05 bits per heavy atom. The Morgan fingerprint density at radius 2 is 1.74 bits per heavy atom. The summed E-state index contributed by atoms with van der Waals surface area (Å²) in [5.41, 5.74) is 4.53. The van der Waals surface area contributed by atoms with Gasteiger partial charge in [-0.2, -0.15) is 5.12 Å². The first-order valence-electron chi connectivity index (χ1n) is 5.38. The lowest BCUT2D eigenvalue weighted by Gasteiger charge is -2.18. The van der Waals surface area contributed by atoms with Crippen molar-refractivity contribution in [1.82, 2.24) is 0 Å². The largest absolute Gasteiger partial charge is 0.494 e. The van der Waals surface area contributed by atoms with Crippen molar-refractivity contribution < 1.29 is 18.0 Å². The number of hydrogen-bond acceptors (Lipinski definition) is 3. The summed E-state index contributed by atoms with van der Waals surface area (Å²) in [5.74, 6) is -2.17. The molecule has 2 aromatic rings. The van der Waals surface area contributed by atoms with Crippen LogP contribution in [-0.4, -0.2) is 7.11 Å². The van der Waals surface area contributed by atoms with Crippen molar-refractivity contribution in [2.24, 2.45) is 0 Å². The molecule has 0 heterocycles. The summed E-state index contributed by atoms with van der Waals surface area (Å²) in [6, 6.07) is 8.08. The van der Waals surface area contributed by atoms with Crippen LogP contribution in [0.1, 0.15) is 0 Å². The van der Waals surface area contributed by atoms with Gasteiger partial charge >= 0.3 is 0 Å². The predicted octanol–water partition coefficient (Wildman–Crippen LogP) is 3.58. The number of nitrogen functional groups attached to an aromatic ring is 1. The minimum absolute atomic E-state index is 0.0442. The van der Waals surface area contributed by atoms with Crippen LogP contribution in [-0.2, 0) is 0 Å². The average molecular weight is 268 g/mol. The first kappa shape index (κ1) is 13.1. The number of halogens is 3. The van der Waals surface area contributed by atoms with Gasteiger partial charge in [0.05, 0.1) is 12.8 Å². The molecule has 3 nitrogen and oxygen atoms in total. The lowest BCUT2D eigenvalue weighted by Crippen LogP contribution is -2.09. The van der Waals surface area contributed by atoms with Gasteiger partial charge in [-0.05, 0) is 24.3 Å². The zero-order valence-corrected chi connectivity index (χ0v) is 10.0. The first-order valence-corrected chi connectivity index (χ1v) is 5.38. The highest BCUT2D eigenvalue weighted by molar-refractivity contribution is 5.76. The van der Waals surface area contributed by atoms with Gasteiger partial charge in [-0.15, -0.1) is 0 Å². The maximum Gasteiger partial charge on any atom is 0.183 e. The third-order valence-corrected chi connectivity index (χ3v) is 2.62. The van der Waals surface area contributed by atoms with E-state index in [4.69, 9.17) is 10.5 Å². The molecule has 0 aliphatic heterocycles. The standard InChI is InChI=1S/C13H11F3N2O/c1-19-11-5-3-2-4-9(11)18(16)10-7-6-8(14)12(15)13(10)17/h2-7H,17H2,1H3. The van der Waals surface area contributed by atoms with E-state index in [0.29, 0.717) is 0 Å². The Labute approximate surface area is 107 Å². The highest BCUT2D eigenvalue weighted by Gasteiger charge is 2.19. The molecule has 2 aromatic carbocycles. The van der Waals surface area contributed by atoms with Crippen LogP contribution in [0.3, 0.4) is 0 Å². The third kappa shape index (κ3) is 2.29. The summed E-state index contributed by atoms with van der Waals surface area (Å²) in [6.07, 6.45) is 0. The summed E-state index contributed by atoms with van der Waals surface area (Å²) in [6.45, 7) is 0. The number of ether oxygens (including phenoxy) is 1. The number of nitrogens with two attached hydrogens (primary N) is 1. The zero-order valence-electron chi connectivity index (χ0n) is 10.0. The lowest BCUT2D eigenvalue weighted by atomic mass is 10.2. The van der Waals surface area contributed by atoms with Crippen LogP contribution < -0.4 is 15.6 Å². The molecular weight excluding hydrogens is 257 g/mol. The van der Waals surface area contributed by atoms with Crippen molar-refractivity contribution in [1.29, 1.82) is 0 Å². The van der Waals surface area contributed by atoms with Gasteiger partial charge in [-0.3, -0.25) is 0 Å². The number of anilines is 3. The first-order chi connectivity index (χ1) is 9.06. The number of rotatable bonds is 3. The van der Waals surface area contributed by atoms with Gasteiger partial charge in [0.25, 0.3) is 0 Å². The van der Waals surface area contributed by atoms with E-state index < -0.39 is 17.3 Å². The van der Waals surface area contributed by atoms with Crippen LogP contribution in [0.4, 0.5) is 30.3 Å². The van der Waals surface area contributed by atoms with Gasteiger partial charge in [-0.1, -0.05) is 16.6 Å². The van der Waals surface area contributed by atoms with Crippen molar-refractivity contribution in [2.45, 2.75) is 0 Å². The second kappa shape index (κ2) is 5.09. The van der Waals surface area contributed by atoms with Gasteiger partial charge in [0.15, 0.2) is 11.6 Å². The Balaban J connectivity index is 2.50. The normalized spacial score (nSPS) is 10.3. The molecule has 0 bridgehead atoms. The maximum atomic E-state index is 14.3. The zero-order chi connectivity index (χ0) is 14.0. The lowest BCUT2D eigenvalue weighted by molar-refractivity contribution is 0.406. The molecule has 0 radical (unpaired) electrons. The molecule has 0 amide bonds. The molecule has 0 unspecified atom stereocenters. The molecule has 0 aliphatic rings. The van der Waals surface area contributed by atoms with E-state index in [2.05, 4.69) is 0 Å². The van der Waals surface area contributed by atoms with Gasteiger partial charge in [-0.25, -0.2) is 8.78 Å². The fourth-order valence-corrected chi connectivity index (χ4v) is 1.65. The molecule has 0 aliphatic carbocycles. The van der Waals surface area contributed by atoms with E-state index in [-0.39, 0.29) is 22.2 Å². The van der Waals surface area contributed by atoms with Crippen LogP contribution in [0.25, 0.3) is 0 Å². The van der Waals surface area contributed by atoms with Crippen LogP contribution in [0.5, 0.6) is 5.75 Å². The minimum Gasteiger partial charge on any atom is -0.494 e. The quantitative estimate of drug-likeness (QED) is 0.683. The third-order valence-electron chi connectivity index (χ3n) is 2.62. The van der Waals surface area contributed by atoms with E-state index in [1.54, 1.807) is 12.1 Å². The van der Waals surface area contributed by atoms with Crippen LogP contribution in [0.15, 0.2) is 36.4 Å². The Kier molecular flexibility index (Phi) is 3.50. The van der Waals surface area contributed by atoms with Gasteiger partial charge in [0, 0.05) is 0 Å². The molecule has 19 heavy (non-hydrogen) atoms. The molecule has 2 rings (SSSR count). The van der Waals surface area contributed by atoms with Gasteiger partial charge < -0.3 is 10.5 Å². The number of nitrogens with zero attached hydrogens (tertiary/aromatic N) is 1. The van der Waals surface area contributed by atoms with Crippen molar-refractivity contribution in [3.63, 3.8) is 0 Å². The fourth-order valence-electron chi connectivity index (χ4n) is 1.65.